The van der Waals surface area contributed by atoms with Crippen molar-refractivity contribution >= 4 is 0 Å². The van der Waals surface area contributed by atoms with Crippen molar-refractivity contribution in [2.75, 3.05) is 6.61 Å². The molecule has 0 aromatic rings. The van der Waals surface area contributed by atoms with Crippen molar-refractivity contribution in [1.29, 1.82) is 0 Å². The fourth-order valence-electron chi connectivity index (χ4n) is 1.30. The molecule has 12 heavy (non-hydrogen) atoms. The standard InChI is InChI=1S/C10H20O2/c1-10(2,3)12-7-9(11)8-5-4-6-8/h8-9,11H,4-7H2,1-3H3. The lowest BCUT2D eigenvalue weighted by Crippen LogP contribution is -2.34. The largest absolute Gasteiger partial charge is 0.390 e. The third-order valence-corrected chi connectivity index (χ3v) is 2.38. The summed E-state index contributed by atoms with van der Waals surface area (Å²) in [4.78, 5) is 0. The zero-order valence-electron chi connectivity index (χ0n) is 8.34. The van der Waals surface area contributed by atoms with E-state index in [9.17, 15) is 5.11 Å². The second kappa shape index (κ2) is 3.75. The van der Waals surface area contributed by atoms with Crippen molar-refractivity contribution in [3.63, 3.8) is 0 Å². The first-order chi connectivity index (χ1) is 5.49. The maximum atomic E-state index is 9.61. The highest BCUT2D eigenvalue weighted by Gasteiger charge is 2.26. The maximum absolute atomic E-state index is 9.61. The van der Waals surface area contributed by atoms with Crippen molar-refractivity contribution in [2.45, 2.75) is 51.7 Å². The summed E-state index contributed by atoms with van der Waals surface area (Å²) in [5.74, 6) is 0.507. The van der Waals surface area contributed by atoms with Crippen LogP contribution in [0.25, 0.3) is 0 Å². The van der Waals surface area contributed by atoms with Gasteiger partial charge < -0.3 is 9.84 Å². The molecule has 0 amide bonds. The molecule has 1 aliphatic rings. The molecular weight excluding hydrogens is 152 g/mol. The zero-order chi connectivity index (χ0) is 9.19. The Morgan fingerprint density at radius 1 is 1.42 bits per heavy atom. The van der Waals surface area contributed by atoms with Crippen molar-refractivity contribution in [3.8, 4) is 0 Å². The van der Waals surface area contributed by atoms with Gasteiger partial charge in [0.1, 0.15) is 0 Å². The molecule has 0 bridgehead atoms. The third kappa shape index (κ3) is 3.11. The molecule has 0 saturated heterocycles. The minimum atomic E-state index is -0.238. The van der Waals surface area contributed by atoms with Crippen LogP contribution in [0.1, 0.15) is 40.0 Å². The molecule has 0 radical (unpaired) electrons. The minimum absolute atomic E-state index is 0.120. The lowest BCUT2D eigenvalue weighted by Gasteiger charge is -2.32. The molecule has 0 aromatic heterocycles. The van der Waals surface area contributed by atoms with Gasteiger partial charge in [-0.1, -0.05) is 6.42 Å². The van der Waals surface area contributed by atoms with Crippen molar-refractivity contribution in [3.05, 3.63) is 0 Å². The fraction of sp³-hybridized carbons (Fsp3) is 1.00. The fourth-order valence-corrected chi connectivity index (χ4v) is 1.30. The van der Waals surface area contributed by atoms with E-state index in [0.717, 1.165) is 0 Å². The molecule has 1 fully saturated rings. The van der Waals surface area contributed by atoms with Crippen LogP contribution in [0.2, 0.25) is 0 Å². The lowest BCUT2D eigenvalue weighted by molar-refractivity contribution is -0.0750. The van der Waals surface area contributed by atoms with Crippen molar-refractivity contribution < 1.29 is 9.84 Å². The summed E-state index contributed by atoms with van der Waals surface area (Å²) in [6.45, 7) is 6.54. The van der Waals surface area contributed by atoms with Gasteiger partial charge in [0.2, 0.25) is 0 Å². The van der Waals surface area contributed by atoms with Gasteiger partial charge in [0.15, 0.2) is 0 Å². The van der Waals surface area contributed by atoms with E-state index < -0.39 is 0 Å². The van der Waals surface area contributed by atoms with E-state index in [1.807, 2.05) is 20.8 Å². The Hall–Kier alpha value is -0.0800. The Labute approximate surface area is 74.9 Å². The van der Waals surface area contributed by atoms with Crippen LogP contribution in [0.5, 0.6) is 0 Å². The number of aliphatic hydroxyl groups is 1. The predicted molar refractivity (Wildman–Crippen MR) is 49.1 cm³/mol. The predicted octanol–water partition coefficient (Wildman–Crippen LogP) is 1.96. The molecule has 0 spiro atoms. The number of aliphatic hydroxyl groups excluding tert-OH is 1. The first kappa shape index (κ1) is 10.0. The van der Waals surface area contributed by atoms with Gasteiger partial charge >= 0.3 is 0 Å². The Morgan fingerprint density at radius 2 is 2.00 bits per heavy atom. The van der Waals surface area contributed by atoms with Gasteiger partial charge in [-0.25, -0.2) is 0 Å². The number of ether oxygens (including phenoxy) is 1. The van der Waals surface area contributed by atoms with E-state index in [-0.39, 0.29) is 11.7 Å². The number of rotatable bonds is 3. The molecule has 2 nitrogen and oxygen atoms in total. The lowest BCUT2D eigenvalue weighted by atomic mass is 9.81. The third-order valence-electron chi connectivity index (χ3n) is 2.38. The molecule has 0 aromatic carbocycles. The molecule has 1 rings (SSSR count). The monoisotopic (exact) mass is 172 g/mol. The van der Waals surface area contributed by atoms with E-state index in [2.05, 4.69) is 0 Å². The Morgan fingerprint density at radius 3 is 2.33 bits per heavy atom. The van der Waals surface area contributed by atoms with Crippen LogP contribution in [0, 0.1) is 5.92 Å². The molecule has 1 N–H and O–H groups in total. The molecule has 72 valence electrons. The quantitative estimate of drug-likeness (QED) is 0.705. The zero-order valence-corrected chi connectivity index (χ0v) is 8.34. The molecule has 1 saturated carbocycles. The van der Waals surface area contributed by atoms with Crippen LogP contribution in [-0.4, -0.2) is 23.4 Å². The second-order valence-corrected chi connectivity index (χ2v) is 4.68. The highest BCUT2D eigenvalue weighted by molar-refractivity contribution is 4.77. The van der Waals surface area contributed by atoms with E-state index in [4.69, 9.17) is 4.74 Å². The summed E-state index contributed by atoms with van der Waals surface area (Å²) in [7, 11) is 0. The molecule has 0 heterocycles. The van der Waals surface area contributed by atoms with Crippen LogP contribution < -0.4 is 0 Å². The summed E-state index contributed by atoms with van der Waals surface area (Å²) in [6.07, 6.45) is 3.39. The van der Waals surface area contributed by atoms with Gasteiger partial charge in [0.25, 0.3) is 0 Å². The van der Waals surface area contributed by atoms with Gasteiger partial charge in [-0.2, -0.15) is 0 Å². The smallest absolute Gasteiger partial charge is 0.0802 e. The van der Waals surface area contributed by atoms with Crippen molar-refractivity contribution in [2.24, 2.45) is 5.92 Å². The van der Waals surface area contributed by atoms with E-state index in [0.29, 0.717) is 12.5 Å². The number of hydrogen-bond acceptors (Lipinski definition) is 2. The van der Waals surface area contributed by atoms with Gasteiger partial charge in [-0.05, 0) is 39.5 Å². The van der Waals surface area contributed by atoms with Crippen LogP contribution in [0.15, 0.2) is 0 Å². The summed E-state index contributed by atoms with van der Waals surface area (Å²) in [6, 6.07) is 0. The molecular formula is C10H20O2. The summed E-state index contributed by atoms with van der Waals surface area (Å²) in [5, 5.41) is 9.61. The van der Waals surface area contributed by atoms with Crippen LogP contribution in [-0.2, 0) is 4.74 Å². The molecule has 1 aliphatic carbocycles. The molecule has 2 heteroatoms. The van der Waals surface area contributed by atoms with Crippen LogP contribution >= 0.6 is 0 Å². The summed E-state index contributed by atoms with van der Waals surface area (Å²) in [5.41, 5.74) is -0.120. The topological polar surface area (TPSA) is 29.5 Å². The molecule has 1 atom stereocenters. The molecule has 1 unspecified atom stereocenters. The van der Waals surface area contributed by atoms with Gasteiger partial charge in [-0.3, -0.25) is 0 Å². The van der Waals surface area contributed by atoms with Crippen molar-refractivity contribution in [1.82, 2.24) is 0 Å². The Balaban J connectivity index is 2.13. The Bertz CT molecular complexity index is 133. The van der Waals surface area contributed by atoms with Crippen LogP contribution in [0.3, 0.4) is 0 Å². The molecule has 0 aliphatic heterocycles. The Kier molecular flexibility index (Phi) is 3.13. The van der Waals surface area contributed by atoms with Gasteiger partial charge in [0, 0.05) is 0 Å². The van der Waals surface area contributed by atoms with Crippen LogP contribution in [0.4, 0.5) is 0 Å². The maximum Gasteiger partial charge on any atom is 0.0802 e. The first-order valence-electron chi connectivity index (χ1n) is 4.81. The SMILES string of the molecule is CC(C)(C)OCC(O)C1CCC1. The van der Waals surface area contributed by atoms with E-state index in [1.54, 1.807) is 0 Å². The van der Waals surface area contributed by atoms with E-state index in [1.165, 1.54) is 19.3 Å². The van der Waals surface area contributed by atoms with Gasteiger partial charge in [0.05, 0.1) is 18.3 Å². The highest BCUT2D eigenvalue weighted by atomic mass is 16.5. The average Bonchev–Trinajstić information content (AvgIpc) is 1.78. The number of hydrogen-bond donors (Lipinski definition) is 1. The van der Waals surface area contributed by atoms with Gasteiger partial charge in [-0.15, -0.1) is 0 Å². The normalized spacial score (nSPS) is 22.0. The highest BCUT2D eigenvalue weighted by Crippen LogP contribution is 2.30. The first-order valence-corrected chi connectivity index (χ1v) is 4.81. The summed E-state index contributed by atoms with van der Waals surface area (Å²) >= 11 is 0. The average molecular weight is 172 g/mol. The summed E-state index contributed by atoms with van der Waals surface area (Å²) < 4.78 is 5.50. The minimum Gasteiger partial charge on any atom is -0.390 e. The van der Waals surface area contributed by atoms with E-state index >= 15 is 0 Å². The second-order valence-electron chi connectivity index (χ2n) is 4.68.